The molecule has 0 spiro atoms. The van der Waals surface area contributed by atoms with Crippen LogP contribution in [-0.4, -0.2) is 11.7 Å². The summed E-state index contributed by atoms with van der Waals surface area (Å²) in [6.45, 7) is 6.26. The van der Waals surface area contributed by atoms with Gasteiger partial charge in [0.25, 0.3) is 0 Å². The van der Waals surface area contributed by atoms with Crippen LogP contribution in [0.25, 0.3) is 0 Å². The van der Waals surface area contributed by atoms with Crippen molar-refractivity contribution in [3.63, 3.8) is 0 Å². The maximum absolute atomic E-state index is 12.8. The number of carbonyl (C=O) groups is 2. The van der Waals surface area contributed by atoms with Gasteiger partial charge in [0.1, 0.15) is 11.2 Å². The molecular weight excluding hydrogens is 262 g/mol. The first kappa shape index (κ1) is 14.3. The third-order valence-electron chi connectivity index (χ3n) is 5.90. The van der Waals surface area contributed by atoms with Gasteiger partial charge < -0.3 is 5.32 Å². The largest absolute Gasteiger partial charge is 0.325 e. The number of fused-ring (bicyclic) bond motifs is 2. The summed E-state index contributed by atoms with van der Waals surface area (Å²) >= 11 is 0. The summed E-state index contributed by atoms with van der Waals surface area (Å²) in [5.41, 5.74) is 0.980. The summed E-state index contributed by atoms with van der Waals surface area (Å²) in [6.07, 6.45) is 3.23. The van der Waals surface area contributed by atoms with E-state index in [1.165, 1.54) is 5.56 Å². The van der Waals surface area contributed by atoms with E-state index in [9.17, 15) is 9.59 Å². The number of anilines is 1. The fraction of sp³-hybridized carbons (Fsp3) is 0.556. The van der Waals surface area contributed by atoms with E-state index in [2.05, 4.69) is 26.1 Å². The molecule has 0 radical (unpaired) electrons. The standard InChI is InChI=1S/C18H23NO2/c1-4-12-5-7-14(8-6-12)19-16(21)18-10-9-13(11-15(18)20)17(18,2)3/h5-8,13H,4,9-11H2,1-3H3,(H,19,21). The Hall–Kier alpha value is -1.64. The third kappa shape index (κ3) is 1.86. The van der Waals surface area contributed by atoms with Crippen molar-refractivity contribution in [1.82, 2.24) is 0 Å². The van der Waals surface area contributed by atoms with Crippen LogP contribution in [0.15, 0.2) is 24.3 Å². The number of benzene rings is 1. The second-order valence-corrected chi connectivity index (χ2v) is 6.99. The molecule has 2 fully saturated rings. The summed E-state index contributed by atoms with van der Waals surface area (Å²) in [4.78, 5) is 25.3. The average molecular weight is 285 g/mol. The quantitative estimate of drug-likeness (QED) is 0.863. The van der Waals surface area contributed by atoms with Gasteiger partial charge in [-0.05, 0) is 48.3 Å². The van der Waals surface area contributed by atoms with E-state index >= 15 is 0 Å². The van der Waals surface area contributed by atoms with Crippen molar-refractivity contribution < 1.29 is 9.59 Å². The van der Waals surface area contributed by atoms with Gasteiger partial charge in [0, 0.05) is 12.1 Å². The van der Waals surface area contributed by atoms with Crippen LogP contribution in [0.1, 0.15) is 45.6 Å². The first-order chi connectivity index (χ1) is 9.91. The Balaban J connectivity index is 1.86. The lowest BCUT2D eigenvalue weighted by Gasteiger charge is -2.34. The van der Waals surface area contributed by atoms with Crippen LogP contribution in [0.3, 0.4) is 0 Å². The van der Waals surface area contributed by atoms with Crippen LogP contribution in [-0.2, 0) is 16.0 Å². The van der Waals surface area contributed by atoms with Gasteiger partial charge >= 0.3 is 0 Å². The second-order valence-electron chi connectivity index (χ2n) is 6.99. The minimum absolute atomic E-state index is 0.109. The average Bonchev–Trinajstić information content (AvgIpc) is 2.83. The molecule has 2 atom stereocenters. The van der Waals surface area contributed by atoms with Crippen molar-refractivity contribution in [2.75, 3.05) is 5.32 Å². The zero-order chi connectivity index (χ0) is 15.3. The molecule has 2 aliphatic carbocycles. The molecule has 21 heavy (non-hydrogen) atoms. The zero-order valence-electron chi connectivity index (χ0n) is 13.0. The Morgan fingerprint density at radius 3 is 2.43 bits per heavy atom. The Bertz CT molecular complexity index is 588. The van der Waals surface area contributed by atoms with E-state index in [1.807, 2.05) is 24.3 Å². The van der Waals surface area contributed by atoms with Crippen LogP contribution in [0.5, 0.6) is 0 Å². The molecule has 2 unspecified atom stereocenters. The van der Waals surface area contributed by atoms with E-state index in [1.54, 1.807) is 0 Å². The van der Waals surface area contributed by atoms with Crippen LogP contribution < -0.4 is 5.32 Å². The maximum Gasteiger partial charge on any atom is 0.238 e. The molecule has 3 nitrogen and oxygen atoms in total. The normalized spacial score (nSPS) is 29.7. The lowest BCUT2D eigenvalue weighted by atomic mass is 9.68. The van der Waals surface area contributed by atoms with Crippen molar-refractivity contribution >= 4 is 17.4 Å². The fourth-order valence-electron chi connectivity index (χ4n) is 4.27. The Morgan fingerprint density at radius 1 is 1.29 bits per heavy atom. The lowest BCUT2D eigenvalue weighted by Crippen LogP contribution is -2.46. The highest BCUT2D eigenvalue weighted by Crippen LogP contribution is 2.64. The molecule has 2 saturated carbocycles. The van der Waals surface area contributed by atoms with Gasteiger partial charge in [0.15, 0.2) is 0 Å². The predicted octanol–water partition coefficient (Wildman–Crippen LogP) is 3.58. The lowest BCUT2D eigenvalue weighted by molar-refractivity contribution is -0.141. The number of carbonyl (C=O) groups excluding carboxylic acids is 2. The van der Waals surface area contributed by atoms with Crippen LogP contribution in [0, 0.1) is 16.7 Å². The molecule has 1 amide bonds. The van der Waals surface area contributed by atoms with Crippen molar-refractivity contribution in [2.45, 2.75) is 46.5 Å². The van der Waals surface area contributed by atoms with Gasteiger partial charge in [0.05, 0.1) is 0 Å². The van der Waals surface area contributed by atoms with E-state index < -0.39 is 5.41 Å². The predicted molar refractivity (Wildman–Crippen MR) is 83.0 cm³/mol. The van der Waals surface area contributed by atoms with Crippen LogP contribution >= 0.6 is 0 Å². The van der Waals surface area contributed by atoms with Gasteiger partial charge in [-0.1, -0.05) is 32.9 Å². The van der Waals surface area contributed by atoms with Gasteiger partial charge in [-0.2, -0.15) is 0 Å². The number of hydrogen-bond acceptors (Lipinski definition) is 2. The summed E-state index contributed by atoms with van der Waals surface area (Å²) in [6, 6.07) is 7.89. The molecule has 112 valence electrons. The summed E-state index contributed by atoms with van der Waals surface area (Å²) in [5.74, 6) is 0.381. The molecule has 2 aliphatic rings. The first-order valence-electron chi connectivity index (χ1n) is 7.85. The van der Waals surface area contributed by atoms with Crippen molar-refractivity contribution in [2.24, 2.45) is 16.7 Å². The molecule has 0 heterocycles. The second kappa shape index (κ2) is 4.69. The molecule has 0 aliphatic heterocycles. The minimum Gasteiger partial charge on any atom is -0.325 e. The van der Waals surface area contributed by atoms with Gasteiger partial charge in [0.2, 0.25) is 5.91 Å². The third-order valence-corrected chi connectivity index (χ3v) is 5.90. The van der Waals surface area contributed by atoms with E-state index in [4.69, 9.17) is 0 Å². The Labute approximate surface area is 126 Å². The summed E-state index contributed by atoms with van der Waals surface area (Å²) < 4.78 is 0. The number of Topliss-reactive ketones (excluding diaryl/α,β-unsaturated/α-hetero) is 1. The zero-order valence-corrected chi connectivity index (χ0v) is 13.0. The molecule has 1 aromatic rings. The summed E-state index contributed by atoms with van der Waals surface area (Å²) in [7, 11) is 0. The maximum atomic E-state index is 12.8. The number of aryl methyl sites for hydroxylation is 1. The van der Waals surface area contributed by atoms with Crippen LogP contribution in [0.2, 0.25) is 0 Å². The molecule has 3 heteroatoms. The van der Waals surface area contributed by atoms with Gasteiger partial charge in [-0.15, -0.1) is 0 Å². The Kier molecular flexibility index (Phi) is 3.19. The molecule has 0 saturated heterocycles. The van der Waals surface area contributed by atoms with Crippen molar-refractivity contribution in [3.8, 4) is 0 Å². The molecule has 1 N–H and O–H groups in total. The highest BCUT2D eigenvalue weighted by atomic mass is 16.2. The number of ketones is 1. The van der Waals surface area contributed by atoms with Gasteiger partial charge in [-0.25, -0.2) is 0 Å². The topological polar surface area (TPSA) is 46.2 Å². The van der Waals surface area contributed by atoms with Crippen molar-refractivity contribution in [3.05, 3.63) is 29.8 Å². The number of rotatable bonds is 3. The molecule has 3 rings (SSSR count). The van der Waals surface area contributed by atoms with Crippen LogP contribution in [0.4, 0.5) is 5.69 Å². The van der Waals surface area contributed by atoms with E-state index in [0.29, 0.717) is 18.8 Å². The highest BCUT2D eigenvalue weighted by Gasteiger charge is 2.68. The summed E-state index contributed by atoms with van der Waals surface area (Å²) in [5, 5.41) is 2.98. The molecule has 0 aromatic heterocycles. The van der Waals surface area contributed by atoms with E-state index in [0.717, 1.165) is 18.5 Å². The first-order valence-corrected chi connectivity index (χ1v) is 7.85. The molecule has 2 bridgehead atoms. The number of hydrogen-bond donors (Lipinski definition) is 1. The van der Waals surface area contributed by atoms with Gasteiger partial charge in [-0.3, -0.25) is 9.59 Å². The number of nitrogens with one attached hydrogen (secondary N) is 1. The number of amides is 1. The molecular formula is C18H23NO2. The fourth-order valence-corrected chi connectivity index (χ4v) is 4.27. The Morgan fingerprint density at radius 2 is 1.95 bits per heavy atom. The molecule has 1 aromatic carbocycles. The van der Waals surface area contributed by atoms with Crippen molar-refractivity contribution in [1.29, 1.82) is 0 Å². The SMILES string of the molecule is CCc1ccc(NC(=O)C23CCC(CC2=O)C3(C)C)cc1. The smallest absolute Gasteiger partial charge is 0.238 e. The highest BCUT2D eigenvalue weighted by molar-refractivity contribution is 6.14. The minimum atomic E-state index is -0.818. The van der Waals surface area contributed by atoms with E-state index in [-0.39, 0.29) is 17.1 Å². The monoisotopic (exact) mass is 285 g/mol.